The van der Waals surface area contributed by atoms with Gasteiger partial charge in [0.1, 0.15) is 0 Å². The van der Waals surface area contributed by atoms with E-state index in [2.05, 4.69) is 0 Å². The largest absolute Gasteiger partial charge is 0.487 e. The zero-order valence-electron chi connectivity index (χ0n) is 21.2. The van der Waals surface area contributed by atoms with Gasteiger partial charge in [-0.3, -0.25) is 0 Å². The maximum Gasteiger partial charge on any atom is 0.380 e. The Morgan fingerprint density at radius 1 is 0.564 bits per heavy atom. The zero-order valence-corrected chi connectivity index (χ0v) is 22.8. The summed E-state index contributed by atoms with van der Waals surface area (Å²) in [6.07, 6.45) is 0. The third-order valence-electron chi connectivity index (χ3n) is 6.84. The van der Waals surface area contributed by atoms with Gasteiger partial charge in [-0.25, -0.2) is 0 Å². The van der Waals surface area contributed by atoms with Gasteiger partial charge in [-0.1, -0.05) is 83.3 Å². The fourth-order valence-corrected chi connectivity index (χ4v) is 7.23. The smallest absolute Gasteiger partial charge is 0.380 e. The molecule has 39 heavy (non-hydrogen) atoms. The molecule has 0 amide bonds. The predicted molar refractivity (Wildman–Crippen MR) is 144 cm³/mol. The first-order valence-corrected chi connectivity index (χ1v) is 13.4. The molecule has 2 aromatic heterocycles. The molecule has 0 spiro atoms. The third kappa shape index (κ3) is 3.82. The lowest BCUT2D eigenvalue weighted by atomic mass is 9.91. The van der Waals surface area contributed by atoms with Crippen molar-refractivity contribution in [3.8, 4) is 31.0 Å². The molecule has 0 saturated heterocycles. The minimum Gasteiger partial charge on any atom is -0.487 e. The Bertz CT molecular complexity index is 1450. The highest BCUT2D eigenvalue weighted by molar-refractivity contribution is 7.18. The number of rotatable bonds is 6. The van der Waals surface area contributed by atoms with Gasteiger partial charge in [0.2, 0.25) is 0 Å². The van der Waals surface area contributed by atoms with Gasteiger partial charge in [0.05, 0.1) is 14.2 Å². The summed E-state index contributed by atoms with van der Waals surface area (Å²) in [5.74, 6) is -16.1. The number of halogens is 6. The highest BCUT2D eigenvalue weighted by atomic mass is 32.1. The molecular formula is C29H22F6O2S2. The first-order valence-electron chi connectivity index (χ1n) is 11.7. The number of hydrogen-bond acceptors (Lipinski definition) is 4. The molecule has 2 nitrogen and oxygen atoms in total. The number of allylic oxidation sites excluding steroid dienone is 2. The summed E-state index contributed by atoms with van der Waals surface area (Å²) >= 11 is 1.86. The van der Waals surface area contributed by atoms with Gasteiger partial charge >= 0.3 is 17.8 Å². The van der Waals surface area contributed by atoms with Crippen molar-refractivity contribution < 1.29 is 35.8 Å². The van der Waals surface area contributed by atoms with Gasteiger partial charge in [-0.2, -0.15) is 26.3 Å². The van der Waals surface area contributed by atoms with E-state index in [0.717, 1.165) is 22.7 Å². The van der Waals surface area contributed by atoms with E-state index in [1.807, 2.05) is 0 Å². The summed E-state index contributed by atoms with van der Waals surface area (Å²) in [7, 11) is 2.38. The van der Waals surface area contributed by atoms with Crippen LogP contribution >= 0.6 is 22.7 Å². The molecule has 0 aliphatic heterocycles. The van der Waals surface area contributed by atoms with Crippen LogP contribution in [0.1, 0.15) is 22.3 Å². The summed E-state index contributed by atoms with van der Waals surface area (Å²) in [6, 6.07) is 17.3. The monoisotopic (exact) mass is 580 g/mol. The van der Waals surface area contributed by atoms with Gasteiger partial charge in [0, 0.05) is 32.0 Å². The SMILES string of the molecule is COc1sc(-c2ccccc2)c(C)c1C1=C(c2c(OC)sc(-c3ccccc3)c2C)C(F)(F)C(F)(F)C1(F)F. The van der Waals surface area contributed by atoms with E-state index in [1.165, 1.54) is 28.1 Å². The molecule has 1 aliphatic rings. The number of ether oxygens (including phenoxy) is 2. The second kappa shape index (κ2) is 9.45. The molecule has 0 N–H and O–H groups in total. The molecule has 4 aromatic rings. The number of methoxy groups -OCH3 is 2. The van der Waals surface area contributed by atoms with E-state index < -0.39 is 40.0 Å². The van der Waals surface area contributed by atoms with Crippen LogP contribution in [-0.2, 0) is 0 Å². The highest BCUT2D eigenvalue weighted by Gasteiger charge is 2.81. The highest BCUT2D eigenvalue weighted by Crippen LogP contribution is 2.68. The molecule has 0 fully saturated rings. The predicted octanol–water partition coefficient (Wildman–Crippen LogP) is 9.61. The van der Waals surface area contributed by atoms with Gasteiger partial charge in [0.15, 0.2) is 10.1 Å². The molecule has 0 bridgehead atoms. The third-order valence-corrected chi connectivity index (χ3v) is 9.44. The first-order chi connectivity index (χ1) is 18.4. The minimum absolute atomic E-state index is 0.138. The Morgan fingerprint density at radius 2 is 0.897 bits per heavy atom. The fourth-order valence-electron chi connectivity index (χ4n) is 4.96. The summed E-state index contributed by atoms with van der Waals surface area (Å²) in [5, 5.41) is -0.329. The number of hydrogen-bond donors (Lipinski definition) is 0. The molecule has 2 aromatic carbocycles. The zero-order chi connectivity index (χ0) is 28.3. The number of thiophene rings is 2. The maximum atomic E-state index is 15.7. The molecule has 2 heterocycles. The van der Waals surface area contributed by atoms with Gasteiger partial charge < -0.3 is 9.47 Å². The Morgan fingerprint density at radius 3 is 1.21 bits per heavy atom. The lowest BCUT2D eigenvalue weighted by Gasteiger charge is -2.26. The fraction of sp³-hybridized carbons (Fsp3) is 0.241. The molecule has 0 radical (unpaired) electrons. The molecular weight excluding hydrogens is 558 g/mol. The lowest BCUT2D eigenvalue weighted by Crippen LogP contribution is -2.49. The van der Waals surface area contributed by atoms with E-state index in [4.69, 9.17) is 9.47 Å². The van der Waals surface area contributed by atoms with Crippen molar-refractivity contribution in [1.29, 1.82) is 0 Å². The van der Waals surface area contributed by atoms with E-state index >= 15 is 26.3 Å². The van der Waals surface area contributed by atoms with Crippen LogP contribution in [0.4, 0.5) is 26.3 Å². The molecule has 1 aliphatic carbocycles. The van der Waals surface area contributed by atoms with Crippen LogP contribution in [0, 0.1) is 13.8 Å². The van der Waals surface area contributed by atoms with Crippen LogP contribution in [0.2, 0.25) is 0 Å². The normalized spacial score (nSPS) is 17.5. The average molecular weight is 581 g/mol. The molecule has 5 rings (SSSR count). The number of benzene rings is 2. The molecule has 0 unspecified atom stereocenters. The topological polar surface area (TPSA) is 18.5 Å². The average Bonchev–Trinajstić information content (AvgIpc) is 3.46. The molecule has 0 saturated carbocycles. The first kappa shape index (κ1) is 27.3. The molecule has 0 atom stereocenters. The molecule has 10 heteroatoms. The summed E-state index contributed by atoms with van der Waals surface area (Å²) < 4.78 is 104. The van der Waals surface area contributed by atoms with Crippen LogP contribution in [0.3, 0.4) is 0 Å². The van der Waals surface area contributed by atoms with Crippen LogP contribution < -0.4 is 9.47 Å². The van der Waals surface area contributed by atoms with Crippen molar-refractivity contribution in [2.75, 3.05) is 14.2 Å². The van der Waals surface area contributed by atoms with Gasteiger partial charge in [0.25, 0.3) is 0 Å². The van der Waals surface area contributed by atoms with Gasteiger partial charge in [-0.15, -0.1) is 0 Å². The van der Waals surface area contributed by atoms with Gasteiger partial charge in [-0.05, 0) is 36.1 Å². The lowest BCUT2D eigenvalue weighted by molar-refractivity contribution is -0.254. The summed E-state index contributed by atoms with van der Waals surface area (Å²) in [6.45, 7) is 2.89. The van der Waals surface area contributed by atoms with E-state index in [0.29, 0.717) is 20.9 Å². The van der Waals surface area contributed by atoms with Crippen LogP contribution in [0.15, 0.2) is 60.7 Å². The maximum absolute atomic E-state index is 15.7. The minimum atomic E-state index is -5.71. The van der Waals surface area contributed by atoms with E-state index in [-0.39, 0.29) is 21.3 Å². The second-order valence-corrected chi connectivity index (χ2v) is 11.0. The Labute approximate surface area is 229 Å². The standard InChI is InChI=1S/C29H22F6O2S2/c1-15-19(25(36-3)38-23(15)17-11-7-5-8-12-17)21-22(28(32,33)29(34,35)27(21,30)31)20-16(2)24(39-26(20)37-4)18-13-9-6-10-14-18/h5-14H,1-4H3. The van der Waals surface area contributed by atoms with Crippen molar-refractivity contribution in [3.05, 3.63) is 82.9 Å². The van der Waals surface area contributed by atoms with E-state index in [1.54, 1.807) is 60.7 Å². The van der Waals surface area contributed by atoms with Crippen molar-refractivity contribution >= 4 is 33.8 Å². The Balaban J connectivity index is 1.90. The second-order valence-electron chi connectivity index (χ2n) is 9.05. The van der Waals surface area contributed by atoms with Crippen LogP contribution in [-0.4, -0.2) is 32.0 Å². The van der Waals surface area contributed by atoms with Crippen molar-refractivity contribution in [1.82, 2.24) is 0 Å². The quantitative estimate of drug-likeness (QED) is 0.212. The summed E-state index contributed by atoms with van der Waals surface area (Å²) in [5.41, 5.74) is -2.34. The Hall–Kier alpha value is -3.24. The van der Waals surface area contributed by atoms with Crippen molar-refractivity contribution in [2.24, 2.45) is 0 Å². The van der Waals surface area contributed by atoms with Crippen molar-refractivity contribution in [2.45, 2.75) is 31.6 Å². The Kier molecular flexibility index (Phi) is 6.62. The van der Waals surface area contributed by atoms with Crippen LogP contribution in [0.5, 0.6) is 10.1 Å². The van der Waals surface area contributed by atoms with Crippen LogP contribution in [0.25, 0.3) is 32.0 Å². The van der Waals surface area contributed by atoms with E-state index in [9.17, 15) is 0 Å². The number of alkyl halides is 6. The summed E-state index contributed by atoms with van der Waals surface area (Å²) in [4.78, 5) is 0.894. The van der Waals surface area contributed by atoms with Crippen molar-refractivity contribution in [3.63, 3.8) is 0 Å². The molecule has 204 valence electrons.